The van der Waals surface area contributed by atoms with Gasteiger partial charge < -0.3 is 40.1 Å². The summed E-state index contributed by atoms with van der Waals surface area (Å²) in [5.41, 5.74) is 0. The van der Waals surface area contributed by atoms with E-state index in [4.69, 9.17) is 24.7 Å². The van der Waals surface area contributed by atoms with E-state index in [1.54, 1.807) is 35.3 Å². The Morgan fingerprint density at radius 2 is 1.14 bits per heavy atom. The first-order valence-electron chi connectivity index (χ1n) is 11.5. The van der Waals surface area contributed by atoms with Crippen LogP contribution in [0.1, 0.15) is 0 Å². The molecule has 0 heterocycles. The molecule has 0 spiro atoms. The molecule has 0 bridgehead atoms. The van der Waals surface area contributed by atoms with Gasteiger partial charge in [0, 0.05) is 47.6 Å². The van der Waals surface area contributed by atoms with Crippen molar-refractivity contribution >= 4 is 60.3 Å². The van der Waals surface area contributed by atoms with Crippen molar-refractivity contribution in [3.8, 4) is 0 Å². The van der Waals surface area contributed by atoms with Gasteiger partial charge in [0.1, 0.15) is 26.4 Å². The van der Waals surface area contributed by atoms with E-state index in [1.807, 2.05) is 0 Å². The minimum Gasteiger partial charge on any atom is -0.449 e. The van der Waals surface area contributed by atoms with Gasteiger partial charge in [-0.1, -0.05) is 0 Å². The zero-order valence-electron chi connectivity index (χ0n) is 20.7. The lowest BCUT2D eigenvalue weighted by atomic mass is 10.7. The van der Waals surface area contributed by atoms with Crippen LogP contribution in [-0.4, -0.2) is 136 Å². The summed E-state index contributed by atoms with van der Waals surface area (Å²) in [6.45, 7) is 2.55. The normalized spacial score (nSPS) is 11.1. The molecule has 0 rings (SSSR count). The lowest BCUT2D eigenvalue weighted by molar-refractivity contribution is -0.221. The van der Waals surface area contributed by atoms with Crippen molar-refractivity contribution in [3.05, 3.63) is 0 Å². The Morgan fingerprint density at radius 3 is 1.70 bits per heavy atom. The molecule has 0 aromatic carbocycles. The van der Waals surface area contributed by atoms with Gasteiger partial charge in [-0.2, -0.15) is 45.1 Å². The van der Waals surface area contributed by atoms with E-state index in [9.17, 15) is 9.59 Å². The van der Waals surface area contributed by atoms with E-state index in [-0.39, 0.29) is 26.4 Å². The second-order valence-corrected chi connectivity index (χ2v) is 9.94. The molecule has 0 saturated carbocycles. The average molecular weight is 591 g/mol. The number of aliphatic hydroxyl groups excluding tert-OH is 2. The van der Waals surface area contributed by atoms with Crippen molar-refractivity contribution in [2.75, 3.05) is 100 Å². The summed E-state index contributed by atoms with van der Waals surface area (Å²) >= 11 is 4.82. The number of nitrogens with one attached hydrogen (secondary N) is 2. The summed E-state index contributed by atoms with van der Waals surface area (Å²) in [5.74, 6) is 4.33. The van der Waals surface area contributed by atoms with Crippen LogP contribution in [0.5, 0.6) is 0 Å². The van der Waals surface area contributed by atoms with Gasteiger partial charge in [-0.05, 0) is 0 Å². The number of hydrogen-bond acceptors (Lipinski definition) is 15. The number of rotatable bonds is 26. The molecule has 14 nitrogen and oxygen atoms in total. The number of aliphatic hydroxyl groups is 2. The highest BCUT2D eigenvalue weighted by molar-refractivity contribution is 7.99. The minimum atomic E-state index is -0.537. The number of thioether (sulfide) groups is 3. The van der Waals surface area contributed by atoms with Crippen LogP contribution in [0.4, 0.5) is 9.59 Å². The summed E-state index contributed by atoms with van der Waals surface area (Å²) in [5, 5.41) is 22.3. The molecule has 0 aromatic rings. The summed E-state index contributed by atoms with van der Waals surface area (Å²) in [4.78, 5) is 49.7. The fourth-order valence-electron chi connectivity index (χ4n) is 1.88. The standard InChI is InChI=1S/C20H38N4O10S3/c25-5-7-29-19(27)23-3-13-35-12-2-22-18-34-32-10-16-37-15-9-30-20(28)24-4-14-36-11-1-21-17-33-31-8-6-26/h17-18,25-26H,1-16H2,(H,23,27)(H,24,28). The minimum absolute atomic E-state index is 0.0104. The highest BCUT2D eigenvalue weighted by Crippen LogP contribution is 2.01. The number of alkyl carbamates (subject to hydrolysis) is 2. The molecule has 17 heteroatoms. The number of carbonyl (C=O) groups is 2. The van der Waals surface area contributed by atoms with Crippen LogP contribution in [0.3, 0.4) is 0 Å². The van der Waals surface area contributed by atoms with Crippen molar-refractivity contribution in [1.82, 2.24) is 10.6 Å². The third-order valence-corrected chi connectivity index (χ3v) is 6.24. The molecule has 0 aliphatic carbocycles. The largest absolute Gasteiger partial charge is 0.449 e. The summed E-state index contributed by atoms with van der Waals surface area (Å²) in [6, 6.07) is 0. The Bertz CT molecular complexity index is 595. The Morgan fingerprint density at radius 1 is 0.649 bits per heavy atom. The highest BCUT2D eigenvalue weighted by atomic mass is 32.2. The predicted molar refractivity (Wildman–Crippen MR) is 146 cm³/mol. The number of ether oxygens (including phenoxy) is 2. The second kappa shape index (κ2) is 30.6. The van der Waals surface area contributed by atoms with E-state index in [1.165, 1.54) is 12.8 Å². The first-order chi connectivity index (χ1) is 18.2. The van der Waals surface area contributed by atoms with Gasteiger partial charge in [-0.25, -0.2) is 9.59 Å². The monoisotopic (exact) mass is 590 g/mol. The van der Waals surface area contributed by atoms with E-state index in [2.05, 4.69) is 35.1 Å². The molecular formula is C20H38N4O10S3. The van der Waals surface area contributed by atoms with Crippen molar-refractivity contribution in [3.63, 3.8) is 0 Å². The van der Waals surface area contributed by atoms with Crippen LogP contribution in [0.2, 0.25) is 0 Å². The third-order valence-electron chi connectivity index (χ3n) is 3.40. The molecule has 2 amide bonds. The van der Waals surface area contributed by atoms with Crippen molar-refractivity contribution in [2.24, 2.45) is 9.98 Å². The molecule has 0 atom stereocenters. The molecule has 37 heavy (non-hydrogen) atoms. The Kier molecular flexibility index (Phi) is 29.2. The number of hydrogen-bond donors (Lipinski definition) is 4. The average Bonchev–Trinajstić information content (AvgIpc) is 2.90. The van der Waals surface area contributed by atoms with Crippen LogP contribution < -0.4 is 10.6 Å². The Hall–Kier alpha value is -1.63. The summed E-state index contributed by atoms with van der Waals surface area (Å²) < 4.78 is 9.74. The number of nitrogens with zero attached hydrogens (tertiary/aromatic N) is 2. The van der Waals surface area contributed by atoms with E-state index in [0.717, 1.165) is 23.0 Å². The summed E-state index contributed by atoms with van der Waals surface area (Å²) in [7, 11) is 0. The first-order valence-corrected chi connectivity index (χ1v) is 15.0. The lowest BCUT2D eigenvalue weighted by Crippen LogP contribution is -2.27. The lowest BCUT2D eigenvalue weighted by Gasteiger charge is -2.06. The van der Waals surface area contributed by atoms with Crippen LogP contribution in [0.15, 0.2) is 9.98 Å². The fraction of sp³-hybridized carbons (Fsp3) is 0.800. The van der Waals surface area contributed by atoms with Gasteiger partial charge in [0.25, 0.3) is 0 Å². The maximum atomic E-state index is 11.6. The van der Waals surface area contributed by atoms with Crippen LogP contribution in [0.25, 0.3) is 0 Å². The van der Waals surface area contributed by atoms with E-state index >= 15 is 0 Å². The maximum Gasteiger partial charge on any atom is 0.407 e. The molecule has 0 fully saturated rings. The fourth-order valence-corrected chi connectivity index (χ4v) is 3.84. The van der Waals surface area contributed by atoms with Crippen LogP contribution in [0, 0.1) is 0 Å². The molecule has 0 aliphatic rings. The summed E-state index contributed by atoms with van der Waals surface area (Å²) in [6.07, 6.45) is 1.46. The topological polar surface area (TPSA) is 179 Å². The zero-order valence-corrected chi connectivity index (χ0v) is 23.2. The van der Waals surface area contributed by atoms with Gasteiger partial charge in [0.15, 0.2) is 0 Å². The van der Waals surface area contributed by atoms with E-state index < -0.39 is 12.2 Å². The number of carbonyl (C=O) groups excluding carboxylic acids is 2. The molecule has 0 unspecified atom stereocenters. The number of amides is 2. The Labute approximate surface area is 229 Å². The number of aliphatic imine (C=N–C) groups is 2. The highest BCUT2D eigenvalue weighted by Gasteiger charge is 2.01. The van der Waals surface area contributed by atoms with Gasteiger partial charge >= 0.3 is 12.2 Å². The van der Waals surface area contributed by atoms with Gasteiger partial charge in [-0.15, -0.1) is 0 Å². The SMILES string of the molecule is O=C(NCCSCCN=COOCCSCCOC(=O)NCCSCCN=COOCCO)OCCO. The van der Waals surface area contributed by atoms with Gasteiger partial charge in [0.2, 0.25) is 12.8 Å². The molecule has 0 aromatic heterocycles. The molecule has 0 saturated heterocycles. The molecule has 0 radical (unpaired) electrons. The smallest absolute Gasteiger partial charge is 0.407 e. The molecular weight excluding hydrogens is 552 g/mol. The van der Waals surface area contributed by atoms with Crippen LogP contribution >= 0.6 is 35.3 Å². The van der Waals surface area contributed by atoms with E-state index in [0.29, 0.717) is 50.9 Å². The molecule has 0 aliphatic heterocycles. The van der Waals surface area contributed by atoms with Gasteiger partial charge in [-0.3, -0.25) is 9.98 Å². The molecule has 4 N–H and O–H groups in total. The maximum absolute atomic E-state index is 11.6. The predicted octanol–water partition coefficient (Wildman–Crippen LogP) is 0.576. The van der Waals surface area contributed by atoms with Crippen LogP contribution in [-0.2, 0) is 29.0 Å². The second-order valence-electron chi connectivity index (χ2n) is 6.27. The first kappa shape index (κ1) is 35.4. The van der Waals surface area contributed by atoms with Crippen molar-refractivity contribution < 1.29 is 48.8 Å². The third kappa shape index (κ3) is 30.5. The molecule has 216 valence electrons. The van der Waals surface area contributed by atoms with Gasteiger partial charge in [0.05, 0.1) is 26.3 Å². The van der Waals surface area contributed by atoms with Crippen molar-refractivity contribution in [1.29, 1.82) is 0 Å². The Balaban J connectivity index is 3.27. The quantitative estimate of drug-likeness (QED) is 0.0362. The zero-order chi connectivity index (χ0) is 27.1. The van der Waals surface area contributed by atoms with Crippen molar-refractivity contribution in [2.45, 2.75) is 0 Å².